The van der Waals surface area contributed by atoms with Crippen molar-refractivity contribution in [3.63, 3.8) is 0 Å². The number of nitrogens with zero attached hydrogens (tertiary/aromatic N) is 1. The maximum absolute atomic E-state index is 12.7. The zero-order valence-electron chi connectivity index (χ0n) is 16.2. The molecule has 1 heterocycles. The van der Waals surface area contributed by atoms with Gasteiger partial charge in [0, 0.05) is 18.7 Å². The Morgan fingerprint density at radius 2 is 1.73 bits per heavy atom. The van der Waals surface area contributed by atoms with Gasteiger partial charge < -0.3 is 9.47 Å². The minimum Gasteiger partial charge on any atom is -0.493 e. The molecule has 0 saturated carbocycles. The van der Waals surface area contributed by atoms with E-state index in [-0.39, 0.29) is 36.6 Å². The second kappa shape index (κ2) is 10.2. The molecule has 0 aromatic heterocycles. The van der Waals surface area contributed by atoms with Crippen molar-refractivity contribution >= 4 is 21.8 Å². The summed E-state index contributed by atoms with van der Waals surface area (Å²) in [4.78, 5) is 24.2. The quantitative estimate of drug-likeness (QED) is 0.628. The van der Waals surface area contributed by atoms with Gasteiger partial charge in [0.15, 0.2) is 0 Å². The van der Waals surface area contributed by atoms with Crippen molar-refractivity contribution in [2.24, 2.45) is 0 Å². The lowest BCUT2D eigenvalue weighted by atomic mass is 10.2. The Labute approximate surface area is 175 Å². The van der Waals surface area contributed by atoms with Crippen molar-refractivity contribution in [2.75, 3.05) is 32.9 Å². The number of sulfonamides is 1. The van der Waals surface area contributed by atoms with E-state index in [9.17, 15) is 18.0 Å². The minimum absolute atomic E-state index is 0.0136. The molecular formula is C20H23N3O6S. The Kier molecular flexibility index (Phi) is 7.39. The monoisotopic (exact) mass is 433 g/mol. The Balaban J connectivity index is 1.51. The predicted molar refractivity (Wildman–Crippen MR) is 108 cm³/mol. The molecule has 0 spiro atoms. The van der Waals surface area contributed by atoms with E-state index >= 15 is 0 Å². The lowest BCUT2D eigenvalue weighted by Gasteiger charge is -2.26. The highest BCUT2D eigenvalue weighted by atomic mass is 32.2. The molecule has 1 saturated heterocycles. The summed E-state index contributed by atoms with van der Waals surface area (Å²) in [6.07, 6.45) is 0.0423. The number of hydrogen-bond donors (Lipinski definition) is 2. The van der Waals surface area contributed by atoms with Crippen molar-refractivity contribution < 1.29 is 27.5 Å². The third-order valence-electron chi connectivity index (χ3n) is 4.36. The molecule has 0 bridgehead atoms. The van der Waals surface area contributed by atoms with Crippen LogP contribution < -0.4 is 15.6 Å². The molecule has 2 amide bonds. The first-order valence-electron chi connectivity index (χ1n) is 9.42. The van der Waals surface area contributed by atoms with Gasteiger partial charge in [-0.2, -0.15) is 4.31 Å². The number of para-hydroxylation sites is 1. The smallest absolute Gasteiger partial charge is 0.269 e. The molecule has 0 unspecified atom stereocenters. The fraction of sp³-hybridized carbons (Fsp3) is 0.300. The van der Waals surface area contributed by atoms with Crippen LogP contribution in [0.25, 0.3) is 0 Å². The summed E-state index contributed by atoms with van der Waals surface area (Å²) in [5.41, 5.74) is 4.69. The van der Waals surface area contributed by atoms with Gasteiger partial charge in [-0.25, -0.2) is 8.42 Å². The summed E-state index contributed by atoms with van der Waals surface area (Å²) >= 11 is 0. The molecule has 0 aliphatic carbocycles. The maximum atomic E-state index is 12.7. The van der Waals surface area contributed by atoms with Gasteiger partial charge >= 0.3 is 0 Å². The number of hydrazine groups is 1. The largest absolute Gasteiger partial charge is 0.493 e. The molecule has 3 rings (SSSR count). The third-order valence-corrected chi connectivity index (χ3v) is 6.26. The average molecular weight is 433 g/mol. The first-order chi connectivity index (χ1) is 14.5. The van der Waals surface area contributed by atoms with Gasteiger partial charge in [0.1, 0.15) is 5.75 Å². The van der Waals surface area contributed by atoms with Gasteiger partial charge in [-0.05, 0) is 30.3 Å². The summed E-state index contributed by atoms with van der Waals surface area (Å²) < 4.78 is 37.4. The van der Waals surface area contributed by atoms with Crippen molar-refractivity contribution in [3.05, 3.63) is 60.2 Å². The van der Waals surface area contributed by atoms with Crippen LogP contribution in [0.5, 0.6) is 5.75 Å². The molecule has 0 radical (unpaired) electrons. The predicted octanol–water partition coefficient (Wildman–Crippen LogP) is 0.938. The van der Waals surface area contributed by atoms with Gasteiger partial charge in [0.05, 0.1) is 31.1 Å². The van der Waals surface area contributed by atoms with Crippen molar-refractivity contribution in [1.29, 1.82) is 0 Å². The number of nitrogens with one attached hydrogen (secondary N) is 2. The van der Waals surface area contributed by atoms with E-state index in [0.717, 1.165) is 0 Å². The van der Waals surface area contributed by atoms with Crippen LogP contribution in [-0.4, -0.2) is 57.4 Å². The summed E-state index contributed by atoms with van der Waals surface area (Å²) in [6.45, 7) is 1.34. The standard InChI is InChI=1S/C20H23N3O6S/c24-19(9-12-29-17-6-2-1-3-7-17)21-22-20(25)16-5-4-8-18(15-16)30(26,27)23-10-13-28-14-11-23/h1-8,15H,9-14H2,(H,21,24)(H,22,25). The van der Waals surface area contributed by atoms with Crippen LogP contribution >= 0.6 is 0 Å². The van der Waals surface area contributed by atoms with Crippen LogP contribution in [0.3, 0.4) is 0 Å². The number of amides is 2. The van der Waals surface area contributed by atoms with E-state index in [1.165, 1.54) is 28.6 Å². The Morgan fingerprint density at radius 1 is 1.00 bits per heavy atom. The molecule has 160 valence electrons. The zero-order chi connectivity index (χ0) is 21.4. The molecule has 1 aliphatic heterocycles. The van der Waals surface area contributed by atoms with Gasteiger partial charge in [-0.3, -0.25) is 20.4 Å². The number of benzene rings is 2. The molecule has 1 fully saturated rings. The summed E-state index contributed by atoms with van der Waals surface area (Å²) in [6, 6.07) is 14.7. The fourth-order valence-corrected chi connectivity index (χ4v) is 4.23. The van der Waals surface area contributed by atoms with E-state index in [0.29, 0.717) is 19.0 Å². The van der Waals surface area contributed by atoms with Crippen molar-refractivity contribution in [2.45, 2.75) is 11.3 Å². The molecule has 10 heteroatoms. The van der Waals surface area contributed by atoms with E-state index in [1.54, 1.807) is 12.1 Å². The van der Waals surface area contributed by atoms with Crippen molar-refractivity contribution in [3.8, 4) is 5.75 Å². The van der Waals surface area contributed by atoms with E-state index in [1.807, 2.05) is 18.2 Å². The van der Waals surface area contributed by atoms with E-state index in [2.05, 4.69) is 10.9 Å². The molecule has 2 aromatic rings. The van der Waals surface area contributed by atoms with Crippen LogP contribution in [-0.2, 0) is 19.6 Å². The first-order valence-corrected chi connectivity index (χ1v) is 10.9. The molecule has 1 aliphatic rings. The normalized spacial score (nSPS) is 14.7. The average Bonchev–Trinajstić information content (AvgIpc) is 2.79. The van der Waals surface area contributed by atoms with Gasteiger partial charge in [-0.15, -0.1) is 0 Å². The number of morpholine rings is 1. The summed E-state index contributed by atoms with van der Waals surface area (Å²) in [5, 5.41) is 0. The highest BCUT2D eigenvalue weighted by Gasteiger charge is 2.26. The van der Waals surface area contributed by atoms with Crippen molar-refractivity contribution in [1.82, 2.24) is 15.2 Å². The number of carbonyl (C=O) groups is 2. The SMILES string of the molecule is O=C(CCOc1ccccc1)NNC(=O)c1cccc(S(=O)(=O)N2CCOCC2)c1. The van der Waals surface area contributed by atoms with Crippen LogP contribution in [0.4, 0.5) is 0 Å². The lowest BCUT2D eigenvalue weighted by Crippen LogP contribution is -2.42. The number of ether oxygens (including phenoxy) is 2. The second-order valence-electron chi connectivity index (χ2n) is 6.46. The van der Waals surface area contributed by atoms with Crippen LogP contribution in [0.2, 0.25) is 0 Å². The van der Waals surface area contributed by atoms with Gasteiger partial charge in [0.2, 0.25) is 15.9 Å². The molecular weight excluding hydrogens is 410 g/mol. The summed E-state index contributed by atoms with van der Waals surface area (Å²) in [5.74, 6) is -0.407. The maximum Gasteiger partial charge on any atom is 0.269 e. The van der Waals surface area contributed by atoms with Crippen LogP contribution in [0.15, 0.2) is 59.5 Å². The zero-order valence-corrected chi connectivity index (χ0v) is 17.1. The van der Waals surface area contributed by atoms with Crippen LogP contribution in [0.1, 0.15) is 16.8 Å². The number of carbonyl (C=O) groups excluding carboxylic acids is 2. The first kappa shape index (κ1) is 21.8. The minimum atomic E-state index is -3.72. The Hall–Kier alpha value is -2.95. The highest BCUT2D eigenvalue weighted by molar-refractivity contribution is 7.89. The Morgan fingerprint density at radius 3 is 2.47 bits per heavy atom. The Bertz CT molecular complexity index is 975. The summed E-state index contributed by atoms with van der Waals surface area (Å²) in [7, 11) is -3.72. The molecule has 30 heavy (non-hydrogen) atoms. The highest BCUT2D eigenvalue weighted by Crippen LogP contribution is 2.18. The molecule has 2 aromatic carbocycles. The number of hydrogen-bond acceptors (Lipinski definition) is 6. The molecule has 2 N–H and O–H groups in total. The fourth-order valence-electron chi connectivity index (χ4n) is 2.77. The molecule has 9 nitrogen and oxygen atoms in total. The van der Waals surface area contributed by atoms with E-state index in [4.69, 9.17) is 9.47 Å². The third kappa shape index (κ3) is 5.78. The topological polar surface area (TPSA) is 114 Å². The van der Waals surface area contributed by atoms with Gasteiger partial charge in [-0.1, -0.05) is 24.3 Å². The van der Waals surface area contributed by atoms with Crippen LogP contribution in [0, 0.1) is 0 Å². The molecule has 0 atom stereocenters. The number of rotatable bonds is 7. The van der Waals surface area contributed by atoms with E-state index < -0.39 is 21.8 Å². The lowest BCUT2D eigenvalue weighted by molar-refractivity contribution is -0.122. The van der Waals surface area contributed by atoms with Gasteiger partial charge in [0.25, 0.3) is 5.91 Å². The second-order valence-corrected chi connectivity index (χ2v) is 8.40.